The van der Waals surface area contributed by atoms with Crippen LogP contribution in [0.3, 0.4) is 0 Å². The molecule has 0 spiro atoms. The molecule has 5 rings (SSSR count). The van der Waals surface area contributed by atoms with Crippen LogP contribution in [0, 0.1) is 5.92 Å². The van der Waals surface area contributed by atoms with Crippen molar-refractivity contribution in [3.63, 3.8) is 0 Å². The molecule has 1 fully saturated rings. The quantitative estimate of drug-likeness (QED) is 0.507. The summed E-state index contributed by atoms with van der Waals surface area (Å²) in [4.78, 5) is 19.4. The lowest BCUT2D eigenvalue weighted by Crippen LogP contribution is -2.40. The number of rotatable bonds is 6. The van der Waals surface area contributed by atoms with Gasteiger partial charge in [-0.15, -0.1) is 0 Å². The Morgan fingerprint density at radius 3 is 3.00 bits per heavy atom. The molecule has 0 saturated carbocycles. The van der Waals surface area contributed by atoms with Crippen molar-refractivity contribution in [3.8, 4) is 5.69 Å². The number of amides is 1. The minimum absolute atomic E-state index is 0.111. The number of aromatic nitrogens is 4. The molecule has 31 heavy (non-hydrogen) atoms. The van der Waals surface area contributed by atoms with Crippen molar-refractivity contribution < 1.29 is 4.79 Å². The van der Waals surface area contributed by atoms with Gasteiger partial charge in [-0.05, 0) is 55.6 Å². The number of aromatic amines is 1. The molecule has 158 valence electrons. The largest absolute Gasteiger partial charge is 0.350 e. The van der Waals surface area contributed by atoms with Crippen LogP contribution >= 0.6 is 0 Å². The molecule has 4 aromatic rings. The maximum absolute atomic E-state index is 12.7. The van der Waals surface area contributed by atoms with E-state index in [1.807, 2.05) is 36.5 Å². The highest BCUT2D eigenvalue weighted by atomic mass is 16.1. The van der Waals surface area contributed by atoms with Crippen LogP contribution in [-0.4, -0.2) is 50.2 Å². The van der Waals surface area contributed by atoms with Gasteiger partial charge >= 0.3 is 0 Å². The fourth-order valence-corrected chi connectivity index (χ4v) is 4.44. The number of fused-ring (bicyclic) bond motifs is 1. The summed E-state index contributed by atoms with van der Waals surface area (Å²) in [5, 5.41) is 11.1. The Bertz CT molecular complexity index is 1170. The molecule has 1 aliphatic heterocycles. The van der Waals surface area contributed by atoms with Crippen molar-refractivity contribution in [2.24, 2.45) is 5.92 Å². The Balaban J connectivity index is 1.20. The first-order valence-corrected chi connectivity index (χ1v) is 10.8. The van der Waals surface area contributed by atoms with Crippen LogP contribution in [0.1, 0.15) is 29.0 Å². The van der Waals surface area contributed by atoms with E-state index in [9.17, 15) is 4.79 Å². The van der Waals surface area contributed by atoms with Crippen molar-refractivity contribution in [1.82, 2.24) is 30.0 Å². The third-order valence-electron chi connectivity index (χ3n) is 5.98. The Labute approximate surface area is 181 Å². The number of para-hydroxylation sites is 1. The summed E-state index contributed by atoms with van der Waals surface area (Å²) >= 11 is 0. The zero-order valence-electron chi connectivity index (χ0n) is 17.4. The molecule has 4 heterocycles. The second-order valence-corrected chi connectivity index (χ2v) is 8.15. The standard InChI is InChI=1S/C24H26N6O/c31-24(23-21-9-1-2-10-22(21)27-28-23)26-14-18-6-4-12-29(16-18)17-20-8-5-13-30(20)19-7-3-11-25-15-19/h1-3,5,7-11,13,15,18H,4,6,12,14,16-17H2,(H,26,31)(H,27,28). The first-order chi connectivity index (χ1) is 15.3. The fraction of sp³-hybridized carbons (Fsp3) is 0.292. The first kappa shape index (κ1) is 19.5. The van der Waals surface area contributed by atoms with Crippen LogP contribution < -0.4 is 5.32 Å². The van der Waals surface area contributed by atoms with Gasteiger partial charge in [0.2, 0.25) is 0 Å². The Morgan fingerprint density at radius 2 is 2.10 bits per heavy atom. The SMILES string of the molecule is O=C(NCC1CCCN(Cc2cccn2-c2cccnc2)C1)c1n[nH]c2ccccc12. The summed E-state index contributed by atoms with van der Waals surface area (Å²) in [5.41, 5.74) is 3.68. The van der Waals surface area contributed by atoms with Crippen LogP contribution in [-0.2, 0) is 6.54 Å². The van der Waals surface area contributed by atoms with E-state index < -0.39 is 0 Å². The molecule has 3 aromatic heterocycles. The Morgan fingerprint density at radius 1 is 1.16 bits per heavy atom. The molecule has 1 amide bonds. The van der Waals surface area contributed by atoms with Crippen LogP contribution in [0.15, 0.2) is 67.1 Å². The molecule has 7 heteroatoms. The van der Waals surface area contributed by atoms with Crippen molar-refractivity contribution >= 4 is 16.8 Å². The molecule has 1 aliphatic rings. The van der Waals surface area contributed by atoms with Gasteiger partial charge in [-0.25, -0.2) is 0 Å². The lowest BCUT2D eigenvalue weighted by molar-refractivity contribution is 0.0926. The molecular formula is C24H26N6O. The molecule has 1 unspecified atom stereocenters. The molecule has 0 radical (unpaired) electrons. The number of nitrogens with one attached hydrogen (secondary N) is 2. The van der Waals surface area contributed by atoms with Crippen molar-refractivity contribution in [1.29, 1.82) is 0 Å². The smallest absolute Gasteiger partial charge is 0.272 e. The number of benzene rings is 1. The number of pyridine rings is 1. The van der Waals surface area contributed by atoms with Gasteiger partial charge in [0.15, 0.2) is 5.69 Å². The summed E-state index contributed by atoms with van der Waals surface area (Å²) in [6, 6.07) is 16.0. The van der Waals surface area contributed by atoms with Crippen LogP contribution in [0.4, 0.5) is 0 Å². The predicted molar refractivity (Wildman–Crippen MR) is 120 cm³/mol. The highest BCUT2D eigenvalue weighted by Crippen LogP contribution is 2.21. The van der Waals surface area contributed by atoms with Gasteiger partial charge in [0.25, 0.3) is 5.91 Å². The molecule has 0 bridgehead atoms. The zero-order valence-corrected chi connectivity index (χ0v) is 17.4. The summed E-state index contributed by atoms with van der Waals surface area (Å²) < 4.78 is 2.20. The molecule has 7 nitrogen and oxygen atoms in total. The lowest BCUT2D eigenvalue weighted by Gasteiger charge is -2.33. The number of carbonyl (C=O) groups is 1. The normalized spacial score (nSPS) is 17.1. The molecule has 1 atom stereocenters. The highest BCUT2D eigenvalue weighted by molar-refractivity contribution is 6.04. The van der Waals surface area contributed by atoms with E-state index >= 15 is 0 Å². The predicted octanol–water partition coefficient (Wildman–Crippen LogP) is 3.39. The number of carbonyl (C=O) groups excluding carboxylic acids is 1. The third kappa shape index (κ3) is 4.22. The summed E-state index contributed by atoms with van der Waals surface area (Å²) in [5.74, 6) is 0.324. The number of hydrogen-bond donors (Lipinski definition) is 2. The Kier molecular flexibility index (Phi) is 5.50. The molecular weight excluding hydrogens is 388 g/mol. The van der Waals surface area contributed by atoms with Gasteiger partial charge in [-0.3, -0.25) is 19.8 Å². The van der Waals surface area contributed by atoms with Crippen LogP contribution in [0.5, 0.6) is 0 Å². The minimum atomic E-state index is -0.111. The summed E-state index contributed by atoms with van der Waals surface area (Å²) in [6.07, 6.45) is 8.03. The van der Waals surface area contributed by atoms with Gasteiger partial charge < -0.3 is 9.88 Å². The minimum Gasteiger partial charge on any atom is -0.350 e. The van der Waals surface area contributed by atoms with Gasteiger partial charge in [0, 0.05) is 43.1 Å². The van der Waals surface area contributed by atoms with E-state index in [0.717, 1.165) is 49.1 Å². The van der Waals surface area contributed by atoms with Crippen molar-refractivity contribution in [2.75, 3.05) is 19.6 Å². The highest BCUT2D eigenvalue weighted by Gasteiger charge is 2.22. The summed E-state index contributed by atoms with van der Waals surface area (Å²) in [7, 11) is 0. The number of H-pyrrole nitrogens is 1. The average molecular weight is 415 g/mol. The van der Waals surface area contributed by atoms with Crippen LogP contribution in [0.2, 0.25) is 0 Å². The van der Waals surface area contributed by atoms with E-state index in [-0.39, 0.29) is 5.91 Å². The van der Waals surface area contributed by atoms with E-state index in [1.165, 1.54) is 5.69 Å². The maximum Gasteiger partial charge on any atom is 0.272 e. The second-order valence-electron chi connectivity index (χ2n) is 8.15. The topological polar surface area (TPSA) is 78.8 Å². The zero-order chi connectivity index (χ0) is 21.0. The molecule has 0 aliphatic carbocycles. The second kappa shape index (κ2) is 8.73. The molecule has 1 aromatic carbocycles. The number of nitrogens with zero attached hydrogens (tertiary/aromatic N) is 4. The van der Waals surface area contributed by atoms with E-state index in [1.54, 1.807) is 6.20 Å². The third-order valence-corrected chi connectivity index (χ3v) is 5.98. The van der Waals surface area contributed by atoms with Gasteiger partial charge in [0.05, 0.1) is 17.4 Å². The van der Waals surface area contributed by atoms with Gasteiger partial charge in [0.1, 0.15) is 0 Å². The number of piperidine rings is 1. The van der Waals surface area contributed by atoms with Crippen molar-refractivity contribution in [3.05, 3.63) is 78.5 Å². The fourth-order valence-electron chi connectivity index (χ4n) is 4.44. The Hall–Kier alpha value is -3.45. The van der Waals surface area contributed by atoms with Crippen LogP contribution in [0.25, 0.3) is 16.6 Å². The van der Waals surface area contributed by atoms with Gasteiger partial charge in [-0.1, -0.05) is 18.2 Å². The molecule has 2 N–H and O–H groups in total. The van der Waals surface area contributed by atoms with E-state index in [2.05, 4.69) is 54.4 Å². The molecule has 1 saturated heterocycles. The maximum atomic E-state index is 12.7. The number of likely N-dealkylation sites (tertiary alicyclic amines) is 1. The van der Waals surface area contributed by atoms with Gasteiger partial charge in [-0.2, -0.15) is 5.10 Å². The monoisotopic (exact) mass is 414 g/mol. The lowest BCUT2D eigenvalue weighted by atomic mass is 9.97. The average Bonchev–Trinajstić information content (AvgIpc) is 3.45. The number of hydrogen-bond acceptors (Lipinski definition) is 4. The van der Waals surface area contributed by atoms with Crippen molar-refractivity contribution in [2.45, 2.75) is 19.4 Å². The van der Waals surface area contributed by atoms with E-state index in [4.69, 9.17) is 0 Å². The summed E-state index contributed by atoms with van der Waals surface area (Å²) in [6.45, 7) is 3.60. The van der Waals surface area contributed by atoms with E-state index in [0.29, 0.717) is 18.2 Å². The first-order valence-electron chi connectivity index (χ1n) is 10.8.